The molecule has 0 fully saturated rings. The maximum Gasteiger partial charge on any atom is 0.500 e. The van der Waals surface area contributed by atoms with Crippen LogP contribution in [0.25, 0.3) is 0 Å². The van der Waals surface area contributed by atoms with E-state index >= 15 is 0 Å². The maximum atomic E-state index is 5.78. The van der Waals surface area contributed by atoms with Crippen LogP contribution in [0.2, 0.25) is 6.04 Å². The molecule has 3 nitrogen and oxygen atoms in total. The van der Waals surface area contributed by atoms with Gasteiger partial charge in [-0.1, -0.05) is 109 Å². The average molecular weight is 401 g/mol. The summed E-state index contributed by atoms with van der Waals surface area (Å²) < 4.78 is 16.9. The number of hydrogen-bond donors (Lipinski definition) is 0. The standard InChI is InChI=1S/C23H48O3Si/c1-5-7-8-9-10-11-12-13-14-15-16-17-18-19-20-21-23-27(24-3,25-4)26-22-6-2/h6H,2,5,7-23H2,1,3-4H3. The normalized spacial score (nSPS) is 11.8. The molecule has 0 radical (unpaired) electrons. The Morgan fingerprint density at radius 3 is 1.33 bits per heavy atom. The Morgan fingerprint density at radius 1 is 0.630 bits per heavy atom. The molecule has 0 amide bonds. The Hall–Kier alpha value is -0.163. The van der Waals surface area contributed by atoms with Gasteiger partial charge in [0.1, 0.15) is 0 Å². The van der Waals surface area contributed by atoms with Gasteiger partial charge >= 0.3 is 8.80 Å². The zero-order valence-electron chi connectivity index (χ0n) is 18.7. The first-order valence-corrected chi connectivity index (χ1v) is 13.5. The highest BCUT2D eigenvalue weighted by Crippen LogP contribution is 2.19. The molecule has 0 rings (SSSR count). The molecule has 0 saturated carbocycles. The molecule has 162 valence electrons. The van der Waals surface area contributed by atoms with Gasteiger partial charge in [0, 0.05) is 20.3 Å². The predicted molar refractivity (Wildman–Crippen MR) is 120 cm³/mol. The van der Waals surface area contributed by atoms with Crippen molar-refractivity contribution in [3.63, 3.8) is 0 Å². The molecule has 4 heteroatoms. The first-order chi connectivity index (χ1) is 13.2. The topological polar surface area (TPSA) is 27.7 Å². The van der Waals surface area contributed by atoms with Crippen LogP contribution in [0.1, 0.15) is 110 Å². The summed E-state index contributed by atoms with van der Waals surface area (Å²) in [6.07, 6.45) is 23.9. The van der Waals surface area contributed by atoms with Crippen molar-refractivity contribution in [3.8, 4) is 0 Å². The first-order valence-electron chi connectivity index (χ1n) is 11.6. The highest BCUT2D eigenvalue weighted by Gasteiger charge is 2.37. The van der Waals surface area contributed by atoms with Crippen molar-refractivity contribution < 1.29 is 13.3 Å². The Kier molecular flexibility index (Phi) is 20.4. The van der Waals surface area contributed by atoms with Gasteiger partial charge in [-0.25, -0.2) is 0 Å². The molecule has 0 aliphatic rings. The van der Waals surface area contributed by atoms with Crippen LogP contribution in [0, 0.1) is 0 Å². The van der Waals surface area contributed by atoms with Gasteiger partial charge in [0.05, 0.1) is 6.61 Å². The zero-order chi connectivity index (χ0) is 20.1. The van der Waals surface area contributed by atoms with E-state index in [-0.39, 0.29) is 0 Å². The third kappa shape index (κ3) is 16.5. The van der Waals surface area contributed by atoms with Crippen LogP contribution >= 0.6 is 0 Å². The van der Waals surface area contributed by atoms with Gasteiger partial charge in [-0.15, -0.1) is 6.58 Å². The zero-order valence-corrected chi connectivity index (χ0v) is 19.7. The molecule has 0 aromatic carbocycles. The predicted octanol–water partition coefficient (Wildman–Crippen LogP) is 7.68. The molecule has 0 N–H and O–H groups in total. The third-order valence-electron chi connectivity index (χ3n) is 5.38. The lowest BCUT2D eigenvalue weighted by Gasteiger charge is -2.25. The van der Waals surface area contributed by atoms with E-state index in [9.17, 15) is 0 Å². The quantitative estimate of drug-likeness (QED) is 0.106. The van der Waals surface area contributed by atoms with Crippen molar-refractivity contribution in [3.05, 3.63) is 12.7 Å². The minimum atomic E-state index is -2.44. The Morgan fingerprint density at radius 2 is 1.00 bits per heavy atom. The lowest BCUT2D eigenvalue weighted by molar-refractivity contribution is 0.109. The summed E-state index contributed by atoms with van der Waals surface area (Å²) in [5.41, 5.74) is 0. The molecule has 0 aromatic heterocycles. The Balaban J connectivity index is 3.36. The fraction of sp³-hybridized carbons (Fsp3) is 0.913. The Labute approximate surface area is 171 Å². The van der Waals surface area contributed by atoms with Crippen molar-refractivity contribution in [2.45, 2.75) is 116 Å². The highest BCUT2D eigenvalue weighted by molar-refractivity contribution is 6.60. The summed E-state index contributed by atoms with van der Waals surface area (Å²) in [7, 11) is 0.957. The van der Waals surface area contributed by atoms with Crippen molar-refractivity contribution in [1.29, 1.82) is 0 Å². The van der Waals surface area contributed by atoms with Crippen molar-refractivity contribution in [2.24, 2.45) is 0 Å². The monoisotopic (exact) mass is 400 g/mol. The minimum Gasteiger partial charge on any atom is -0.377 e. The second kappa shape index (κ2) is 20.6. The average Bonchev–Trinajstić information content (AvgIpc) is 2.70. The summed E-state index contributed by atoms with van der Waals surface area (Å²) in [5.74, 6) is 0. The van der Waals surface area contributed by atoms with Gasteiger partial charge in [-0.3, -0.25) is 0 Å². The molecule has 0 aliphatic heterocycles. The molecule has 0 bridgehead atoms. The van der Waals surface area contributed by atoms with E-state index in [2.05, 4.69) is 13.5 Å². The lowest BCUT2D eigenvalue weighted by Crippen LogP contribution is -2.43. The van der Waals surface area contributed by atoms with Gasteiger partial charge in [-0.05, 0) is 6.42 Å². The van der Waals surface area contributed by atoms with Crippen molar-refractivity contribution in [1.82, 2.24) is 0 Å². The smallest absolute Gasteiger partial charge is 0.377 e. The number of rotatable bonds is 22. The van der Waals surface area contributed by atoms with Crippen LogP contribution < -0.4 is 0 Å². The molecular weight excluding hydrogens is 352 g/mol. The van der Waals surface area contributed by atoms with Gasteiger partial charge in [0.2, 0.25) is 0 Å². The second-order valence-electron chi connectivity index (χ2n) is 7.74. The summed E-state index contributed by atoms with van der Waals surface area (Å²) >= 11 is 0. The molecule has 0 aromatic rings. The number of hydrogen-bond acceptors (Lipinski definition) is 3. The molecule has 0 atom stereocenters. The summed E-state index contributed by atoms with van der Waals surface area (Å²) in [4.78, 5) is 0. The van der Waals surface area contributed by atoms with Gasteiger partial charge in [0.25, 0.3) is 0 Å². The molecule has 27 heavy (non-hydrogen) atoms. The van der Waals surface area contributed by atoms with Crippen molar-refractivity contribution in [2.75, 3.05) is 20.8 Å². The van der Waals surface area contributed by atoms with Gasteiger partial charge in [0.15, 0.2) is 0 Å². The van der Waals surface area contributed by atoms with Crippen LogP contribution in [0.3, 0.4) is 0 Å². The SMILES string of the molecule is C=CCO[Si](CCCCCCCCCCCCCCCCCC)(OC)OC. The molecule has 0 saturated heterocycles. The highest BCUT2D eigenvalue weighted by atomic mass is 28.4. The van der Waals surface area contributed by atoms with E-state index in [1.165, 1.54) is 96.3 Å². The van der Waals surface area contributed by atoms with E-state index < -0.39 is 8.80 Å². The molecule has 0 spiro atoms. The molecule has 0 unspecified atom stereocenters. The van der Waals surface area contributed by atoms with Crippen LogP contribution in [0.5, 0.6) is 0 Å². The fourth-order valence-corrected chi connectivity index (χ4v) is 5.56. The van der Waals surface area contributed by atoms with E-state index in [1.54, 1.807) is 20.3 Å². The largest absolute Gasteiger partial charge is 0.500 e. The number of unbranched alkanes of at least 4 members (excludes halogenated alkanes) is 15. The Bertz CT molecular complexity index is 306. The molecule has 0 heterocycles. The van der Waals surface area contributed by atoms with Crippen molar-refractivity contribution >= 4 is 8.80 Å². The fourth-order valence-electron chi connectivity index (χ4n) is 3.55. The lowest BCUT2D eigenvalue weighted by atomic mass is 10.0. The van der Waals surface area contributed by atoms with Gasteiger partial charge < -0.3 is 13.3 Å². The van der Waals surface area contributed by atoms with E-state index in [4.69, 9.17) is 13.3 Å². The third-order valence-corrected chi connectivity index (χ3v) is 8.20. The second-order valence-corrected chi connectivity index (χ2v) is 10.7. The van der Waals surface area contributed by atoms with Crippen LogP contribution in [-0.4, -0.2) is 29.6 Å². The van der Waals surface area contributed by atoms with Crippen LogP contribution in [0.15, 0.2) is 12.7 Å². The van der Waals surface area contributed by atoms with E-state index in [1.807, 2.05) is 0 Å². The molecule has 0 aliphatic carbocycles. The summed E-state index contributed by atoms with van der Waals surface area (Å²) in [6.45, 7) is 6.49. The summed E-state index contributed by atoms with van der Waals surface area (Å²) in [6, 6.07) is 0.909. The van der Waals surface area contributed by atoms with Gasteiger partial charge in [-0.2, -0.15) is 0 Å². The van der Waals surface area contributed by atoms with E-state index in [0.29, 0.717) is 6.61 Å². The first kappa shape index (κ1) is 26.8. The van der Waals surface area contributed by atoms with E-state index in [0.717, 1.165) is 12.5 Å². The van der Waals surface area contributed by atoms with Crippen LogP contribution in [0.4, 0.5) is 0 Å². The maximum absolute atomic E-state index is 5.78. The minimum absolute atomic E-state index is 0.507. The molecular formula is C23H48O3Si. The summed E-state index contributed by atoms with van der Waals surface area (Å²) in [5, 5.41) is 0. The van der Waals surface area contributed by atoms with Crippen LogP contribution in [-0.2, 0) is 13.3 Å².